The number of fused-ring (bicyclic) bond motifs is 3. The number of carbonyl (C=O) groups is 4. The van der Waals surface area contributed by atoms with Crippen molar-refractivity contribution < 1.29 is 53.1 Å². The molecule has 4 aliphatic rings. The van der Waals surface area contributed by atoms with Crippen LogP contribution >= 0.6 is 0 Å². The van der Waals surface area contributed by atoms with E-state index in [0.29, 0.717) is 44.1 Å². The van der Waals surface area contributed by atoms with Crippen molar-refractivity contribution in [3.05, 3.63) is 36.0 Å². The molecular weight excluding hydrogens is 732 g/mol. The molecule has 1 amide bonds. The number of nitrogens with zero attached hydrogens (tertiary/aromatic N) is 1. The topological polar surface area (TPSA) is 184 Å². The van der Waals surface area contributed by atoms with Crippen LogP contribution in [0.5, 0.6) is 0 Å². The van der Waals surface area contributed by atoms with Crippen molar-refractivity contribution in [1.82, 2.24) is 4.90 Å². The number of cyclic esters (lactones) is 1. The number of rotatable bonds is 7. The molecule has 4 N–H and O–H groups in total. The summed E-state index contributed by atoms with van der Waals surface area (Å²) in [6.45, 7) is 13.2. The molecule has 0 aromatic rings. The van der Waals surface area contributed by atoms with E-state index in [-0.39, 0.29) is 55.6 Å². The highest BCUT2D eigenvalue weighted by molar-refractivity contribution is 6.39. The largest absolute Gasteiger partial charge is 0.456 e. The summed E-state index contributed by atoms with van der Waals surface area (Å²) >= 11 is 0. The van der Waals surface area contributed by atoms with Gasteiger partial charge in [0.05, 0.1) is 24.4 Å². The highest BCUT2D eigenvalue weighted by Gasteiger charge is 2.56. The van der Waals surface area contributed by atoms with Gasteiger partial charge in [0.25, 0.3) is 11.7 Å². The van der Waals surface area contributed by atoms with Crippen LogP contribution in [0.15, 0.2) is 36.0 Å². The Morgan fingerprint density at radius 1 is 0.982 bits per heavy atom. The molecule has 1 aliphatic carbocycles. The predicted molar refractivity (Wildman–Crippen MR) is 215 cm³/mol. The van der Waals surface area contributed by atoms with E-state index in [0.717, 1.165) is 18.4 Å². The summed E-state index contributed by atoms with van der Waals surface area (Å²) in [4.78, 5) is 57.9. The lowest BCUT2D eigenvalue weighted by Gasteiger charge is -2.47. The second-order valence-corrected chi connectivity index (χ2v) is 17.4. The van der Waals surface area contributed by atoms with Crippen LogP contribution in [0.3, 0.4) is 0 Å². The average Bonchev–Trinajstić information content (AvgIpc) is 3.18. The van der Waals surface area contributed by atoms with Crippen LogP contribution in [0.25, 0.3) is 0 Å². The summed E-state index contributed by atoms with van der Waals surface area (Å²) in [5, 5.41) is 23.7. The molecule has 1 saturated carbocycles. The fraction of sp³-hybridized carbons (Fsp3) is 0.773. The van der Waals surface area contributed by atoms with Gasteiger partial charge in [-0.05, 0) is 95.5 Å². The van der Waals surface area contributed by atoms with Gasteiger partial charge in [-0.3, -0.25) is 14.4 Å². The number of carbonyl (C=O) groups excluding carboxylic acids is 4. The molecule has 3 aliphatic heterocycles. The van der Waals surface area contributed by atoms with E-state index in [9.17, 15) is 29.4 Å². The monoisotopic (exact) mass is 802 g/mol. The number of ether oxygens (including phenoxy) is 5. The zero-order chi connectivity index (χ0) is 42.2. The minimum atomic E-state index is -2.50. The summed E-state index contributed by atoms with van der Waals surface area (Å²) in [5.74, 6) is -7.56. The number of nitrogens with two attached hydrogens (primary N) is 1. The standard InChI is InChI=1S/C44H70N2O11/c1-10-13-31-19-25(2)18-26(3)20-37(54-8)40-38(55-9)22-28(5)44(52,57-40)41(49)42(50)46-17-12-11-14-33(46)43(51)56-39(29(6)34(47)24-35(31)48)27(4)21-30-15-16-32(45)36(23-30)53-7/h10,19,21,26,28-34,36-40,47,52H,1,11-18,20,22-24,45H2,2-9H3. The van der Waals surface area contributed by atoms with Gasteiger partial charge < -0.3 is 44.5 Å². The molecule has 0 aromatic carbocycles. The van der Waals surface area contributed by atoms with Crippen LogP contribution in [-0.4, -0.2) is 121 Å². The molecule has 3 heterocycles. The van der Waals surface area contributed by atoms with E-state index in [4.69, 9.17) is 29.4 Å². The third-order valence-electron chi connectivity index (χ3n) is 13.0. The average molecular weight is 803 g/mol. The van der Waals surface area contributed by atoms with Crippen LogP contribution in [0.4, 0.5) is 0 Å². The van der Waals surface area contributed by atoms with Gasteiger partial charge in [-0.15, -0.1) is 6.58 Å². The van der Waals surface area contributed by atoms with Crippen molar-refractivity contribution >= 4 is 23.4 Å². The third-order valence-corrected chi connectivity index (χ3v) is 13.0. The maximum atomic E-state index is 14.3. The minimum Gasteiger partial charge on any atom is -0.456 e. The molecule has 3 fully saturated rings. The number of aliphatic hydroxyl groups is 2. The van der Waals surface area contributed by atoms with Gasteiger partial charge in [-0.1, -0.05) is 44.6 Å². The molecule has 2 saturated heterocycles. The Morgan fingerprint density at radius 2 is 1.65 bits per heavy atom. The van der Waals surface area contributed by atoms with Crippen molar-refractivity contribution in [3.8, 4) is 0 Å². The minimum absolute atomic E-state index is 0.0168. The molecule has 14 atom stereocenters. The Kier molecular flexibility index (Phi) is 17.2. The highest BCUT2D eigenvalue weighted by Crippen LogP contribution is 2.39. The second kappa shape index (κ2) is 21.0. The first-order valence-corrected chi connectivity index (χ1v) is 21.0. The number of piperidine rings is 1. The molecule has 57 heavy (non-hydrogen) atoms. The zero-order valence-corrected chi connectivity index (χ0v) is 35.5. The number of ketones is 2. The fourth-order valence-electron chi connectivity index (χ4n) is 9.48. The molecule has 13 heteroatoms. The molecule has 13 nitrogen and oxygen atoms in total. The number of Topliss-reactive ketones (excluding diaryl/α,β-unsaturated/α-hetero) is 2. The quantitative estimate of drug-likeness (QED) is 0.185. The molecule has 2 bridgehead atoms. The first-order chi connectivity index (χ1) is 27.0. The Hall–Kier alpha value is -2.78. The Morgan fingerprint density at radius 3 is 2.30 bits per heavy atom. The molecule has 0 radical (unpaired) electrons. The molecule has 322 valence electrons. The molecule has 4 rings (SSSR count). The predicted octanol–water partition coefficient (Wildman–Crippen LogP) is 4.61. The molecule has 0 aromatic heterocycles. The summed E-state index contributed by atoms with van der Waals surface area (Å²) in [7, 11) is 4.70. The summed E-state index contributed by atoms with van der Waals surface area (Å²) in [6, 6.07) is -1.21. The number of hydrogen-bond acceptors (Lipinski definition) is 12. The van der Waals surface area contributed by atoms with Crippen molar-refractivity contribution in [2.24, 2.45) is 35.3 Å². The zero-order valence-electron chi connectivity index (χ0n) is 35.5. The number of allylic oxidation sites excluding steroid dienone is 4. The third kappa shape index (κ3) is 11.3. The second-order valence-electron chi connectivity index (χ2n) is 17.4. The van der Waals surface area contributed by atoms with Crippen molar-refractivity contribution in [2.75, 3.05) is 27.9 Å². The Balaban J connectivity index is 1.78. The van der Waals surface area contributed by atoms with E-state index in [2.05, 4.69) is 6.58 Å². The molecule has 0 spiro atoms. The van der Waals surface area contributed by atoms with Crippen LogP contribution in [0, 0.1) is 29.6 Å². The maximum Gasteiger partial charge on any atom is 0.329 e. The number of hydrogen-bond donors (Lipinski definition) is 3. The fourth-order valence-corrected chi connectivity index (χ4v) is 9.48. The van der Waals surface area contributed by atoms with E-state index < -0.39 is 77.8 Å². The lowest BCUT2D eigenvalue weighted by atomic mass is 9.81. The maximum absolute atomic E-state index is 14.3. The number of methoxy groups -OCH3 is 3. The summed E-state index contributed by atoms with van der Waals surface area (Å²) in [5.41, 5.74) is 7.96. The molecule has 14 unspecified atom stereocenters. The Bertz CT molecular complexity index is 1480. The van der Waals surface area contributed by atoms with Crippen molar-refractivity contribution in [2.45, 2.75) is 160 Å². The highest BCUT2D eigenvalue weighted by atomic mass is 16.7. The lowest BCUT2D eigenvalue weighted by Crippen LogP contribution is -2.64. The smallest absolute Gasteiger partial charge is 0.329 e. The number of aliphatic hydroxyl groups excluding tert-OH is 1. The van der Waals surface area contributed by atoms with E-state index >= 15 is 0 Å². The van der Waals surface area contributed by atoms with E-state index in [1.54, 1.807) is 27.0 Å². The van der Waals surface area contributed by atoms with Gasteiger partial charge in [0.2, 0.25) is 5.79 Å². The summed E-state index contributed by atoms with van der Waals surface area (Å²) in [6.07, 6.45) is 6.44. The van der Waals surface area contributed by atoms with Gasteiger partial charge in [-0.25, -0.2) is 4.79 Å². The van der Waals surface area contributed by atoms with Crippen LogP contribution in [0.1, 0.15) is 105 Å². The van der Waals surface area contributed by atoms with Crippen LogP contribution < -0.4 is 5.73 Å². The normalized spacial score (nSPS) is 40.1. The first kappa shape index (κ1) is 46.9. The summed E-state index contributed by atoms with van der Waals surface area (Å²) < 4.78 is 29.9. The van der Waals surface area contributed by atoms with Gasteiger partial charge in [0.15, 0.2) is 0 Å². The van der Waals surface area contributed by atoms with Gasteiger partial charge in [0, 0.05) is 58.1 Å². The van der Waals surface area contributed by atoms with Gasteiger partial charge in [0.1, 0.15) is 24.0 Å². The van der Waals surface area contributed by atoms with E-state index in [1.165, 1.54) is 19.1 Å². The SMILES string of the molecule is C=CCC1C=C(C)CC(C)CC(OC)C2OC(O)(C(=O)C(=O)N3CCCCC3C(=O)OC(C(C)=CC3CCC(N)C(OC)C3)C(C)C(O)CC1=O)C(C)CC2OC. The lowest BCUT2D eigenvalue weighted by molar-refractivity contribution is -0.302. The van der Waals surface area contributed by atoms with E-state index in [1.807, 2.05) is 32.9 Å². The van der Waals surface area contributed by atoms with Gasteiger partial charge in [-0.2, -0.15) is 0 Å². The van der Waals surface area contributed by atoms with Gasteiger partial charge >= 0.3 is 5.97 Å². The Labute approximate surface area is 339 Å². The van der Waals surface area contributed by atoms with Crippen LogP contribution in [0.2, 0.25) is 0 Å². The number of amides is 1. The first-order valence-electron chi connectivity index (χ1n) is 21.0. The van der Waals surface area contributed by atoms with Crippen molar-refractivity contribution in [1.29, 1.82) is 0 Å². The molecular formula is C44H70N2O11. The van der Waals surface area contributed by atoms with Crippen molar-refractivity contribution in [3.63, 3.8) is 0 Å². The van der Waals surface area contributed by atoms with Crippen LogP contribution in [-0.2, 0) is 42.9 Å². The number of esters is 1.